The van der Waals surface area contributed by atoms with Crippen molar-refractivity contribution in [2.45, 2.75) is 0 Å². The smallest absolute Gasteiger partial charge is 0.543 e. The SMILES string of the molecule is O=C([O-])c1ncc(Cl)c(Cl)c1Cl.[K+]. The minimum Gasteiger partial charge on any atom is -0.543 e. The number of carboxylic acid groups (broad SMARTS) is 1. The molecule has 0 saturated carbocycles. The maximum absolute atomic E-state index is 10.3. The first-order valence-corrected chi connectivity index (χ1v) is 3.88. The first kappa shape index (κ1) is 14.1. The summed E-state index contributed by atoms with van der Waals surface area (Å²) in [7, 11) is 0. The number of aromatic carboxylic acids is 1. The van der Waals surface area contributed by atoms with E-state index in [0.717, 1.165) is 6.20 Å². The number of carbonyl (C=O) groups excluding carboxylic acids is 1. The maximum Gasteiger partial charge on any atom is 1.00 e. The second-order valence-electron chi connectivity index (χ2n) is 1.87. The summed E-state index contributed by atoms with van der Waals surface area (Å²) in [4.78, 5) is 13.8. The molecule has 0 N–H and O–H groups in total. The van der Waals surface area contributed by atoms with E-state index >= 15 is 0 Å². The summed E-state index contributed by atoms with van der Waals surface area (Å²) in [5.74, 6) is -1.49. The van der Waals surface area contributed by atoms with E-state index in [0.29, 0.717) is 0 Å². The third kappa shape index (κ3) is 3.32. The van der Waals surface area contributed by atoms with Crippen LogP contribution in [0.2, 0.25) is 15.1 Å². The van der Waals surface area contributed by atoms with Gasteiger partial charge in [-0.2, -0.15) is 0 Å². The summed E-state index contributed by atoms with van der Waals surface area (Å²) in [5.41, 5.74) is -0.411. The number of aromatic nitrogens is 1. The van der Waals surface area contributed by atoms with E-state index < -0.39 is 11.7 Å². The summed E-state index contributed by atoms with van der Waals surface area (Å²) in [6, 6.07) is 0. The van der Waals surface area contributed by atoms with Gasteiger partial charge in [-0.3, -0.25) is 4.98 Å². The number of carbonyl (C=O) groups is 1. The van der Waals surface area contributed by atoms with Crippen LogP contribution < -0.4 is 56.5 Å². The fourth-order valence-corrected chi connectivity index (χ4v) is 1.14. The third-order valence-corrected chi connectivity index (χ3v) is 2.35. The number of pyridine rings is 1. The minimum absolute atomic E-state index is 0. The Hall–Kier alpha value is 1.13. The maximum atomic E-state index is 10.3. The molecule has 0 aliphatic carbocycles. The Labute approximate surface area is 132 Å². The molecule has 1 rings (SSSR count). The molecule has 64 valence electrons. The van der Waals surface area contributed by atoms with E-state index in [1.54, 1.807) is 0 Å². The molecule has 0 aliphatic heterocycles. The van der Waals surface area contributed by atoms with Crippen LogP contribution >= 0.6 is 34.8 Å². The summed E-state index contributed by atoms with van der Waals surface area (Å²) >= 11 is 16.5. The van der Waals surface area contributed by atoms with E-state index in [1.165, 1.54) is 0 Å². The first-order chi connectivity index (χ1) is 5.54. The van der Waals surface area contributed by atoms with Crippen LogP contribution in [-0.4, -0.2) is 11.0 Å². The van der Waals surface area contributed by atoms with Gasteiger partial charge in [0.25, 0.3) is 0 Å². The van der Waals surface area contributed by atoms with E-state index in [9.17, 15) is 9.90 Å². The molecule has 0 amide bonds. The van der Waals surface area contributed by atoms with Gasteiger partial charge in [0.2, 0.25) is 0 Å². The zero-order valence-electron chi connectivity index (χ0n) is 6.47. The molecular formula is C6HCl3KNO2. The Morgan fingerprint density at radius 3 is 2.31 bits per heavy atom. The number of carboxylic acids is 1. The molecule has 3 nitrogen and oxygen atoms in total. The minimum atomic E-state index is -1.49. The predicted octanol–water partition coefficient (Wildman–Crippen LogP) is -1.59. The van der Waals surface area contributed by atoms with E-state index in [2.05, 4.69) is 4.98 Å². The standard InChI is InChI=1S/C6H2Cl3NO2.K/c7-2-1-10-5(6(11)12)4(9)3(2)8;/h1H,(H,11,12);/q;+1/p-1. The van der Waals surface area contributed by atoms with Crippen molar-refractivity contribution in [2.24, 2.45) is 0 Å². The van der Waals surface area contributed by atoms with Gasteiger partial charge in [-0.05, 0) is 0 Å². The number of hydrogen-bond acceptors (Lipinski definition) is 3. The predicted molar refractivity (Wildman–Crippen MR) is 43.6 cm³/mol. The molecular weight excluding hydrogens is 264 g/mol. The van der Waals surface area contributed by atoms with Crippen LogP contribution in [0, 0.1) is 0 Å². The van der Waals surface area contributed by atoms with Crippen LogP contribution in [0.1, 0.15) is 10.5 Å². The summed E-state index contributed by atoms with van der Waals surface area (Å²) in [5, 5.41) is 10.2. The Kier molecular flexibility index (Phi) is 6.38. The number of nitrogens with zero attached hydrogens (tertiary/aromatic N) is 1. The van der Waals surface area contributed by atoms with Crippen molar-refractivity contribution < 1.29 is 61.3 Å². The fraction of sp³-hybridized carbons (Fsp3) is 0. The molecule has 0 bridgehead atoms. The Morgan fingerprint density at radius 1 is 1.31 bits per heavy atom. The normalized spacial score (nSPS) is 9.15. The average molecular weight is 265 g/mol. The molecule has 1 aromatic heterocycles. The van der Waals surface area contributed by atoms with Crippen LogP contribution in [0.25, 0.3) is 0 Å². The van der Waals surface area contributed by atoms with Gasteiger partial charge in [0.15, 0.2) is 0 Å². The molecule has 0 radical (unpaired) electrons. The number of hydrogen-bond donors (Lipinski definition) is 0. The van der Waals surface area contributed by atoms with Crippen molar-refractivity contribution in [3.63, 3.8) is 0 Å². The average Bonchev–Trinajstić information content (AvgIpc) is 2.00. The third-order valence-electron chi connectivity index (χ3n) is 1.11. The van der Waals surface area contributed by atoms with Crippen molar-refractivity contribution in [1.82, 2.24) is 4.98 Å². The molecule has 0 atom stereocenters. The van der Waals surface area contributed by atoms with E-state index in [-0.39, 0.29) is 66.5 Å². The molecule has 7 heteroatoms. The van der Waals surface area contributed by atoms with E-state index in [4.69, 9.17) is 34.8 Å². The van der Waals surface area contributed by atoms with Gasteiger partial charge in [-0.15, -0.1) is 0 Å². The Balaban J connectivity index is 0.00000144. The molecule has 1 heterocycles. The largest absolute Gasteiger partial charge is 1.00 e. The molecule has 0 fully saturated rings. The van der Waals surface area contributed by atoms with Gasteiger partial charge in [0.1, 0.15) is 5.69 Å². The molecule has 0 spiro atoms. The van der Waals surface area contributed by atoms with Crippen molar-refractivity contribution in [3.8, 4) is 0 Å². The topological polar surface area (TPSA) is 53.0 Å². The molecule has 0 aromatic carbocycles. The summed E-state index contributed by atoms with van der Waals surface area (Å²) in [6.07, 6.45) is 1.10. The second kappa shape index (κ2) is 5.87. The quantitative estimate of drug-likeness (QED) is 0.575. The van der Waals surface area contributed by atoms with Crippen molar-refractivity contribution in [3.05, 3.63) is 27.0 Å². The fourth-order valence-electron chi connectivity index (χ4n) is 0.586. The number of halogens is 3. The Morgan fingerprint density at radius 2 is 1.85 bits per heavy atom. The van der Waals surface area contributed by atoms with E-state index in [1.807, 2.05) is 0 Å². The van der Waals surface area contributed by atoms with Crippen molar-refractivity contribution in [2.75, 3.05) is 0 Å². The molecule has 0 unspecified atom stereocenters. The zero-order valence-corrected chi connectivity index (χ0v) is 11.9. The van der Waals surface area contributed by atoms with Gasteiger partial charge in [0, 0.05) is 6.20 Å². The van der Waals surface area contributed by atoms with Gasteiger partial charge in [-0.1, -0.05) is 34.8 Å². The van der Waals surface area contributed by atoms with Gasteiger partial charge in [-0.25, -0.2) is 0 Å². The first-order valence-electron chi connectivity index (χ1n) is 2.75. The monoisotopic (exact) mass is 263 g/mol. The molecule has 1 aromatic rings. The van der Waals surface area contributed by atoms with Crippen molar-refractivity contribution >= 4 is 40.8 Å². The summed E-state index contributed by atoms with van der Waals surface area (Å²) < 4.78 is 0. The van der Waals surface area contributed by atoms with Gasteiger partial charge in [0.05, 0.1) is 21.0 Å². The van der Waals surface area contributed by atoms with Crippen LogP contribution in [0.5, 0.6) is 0 Å². The Bertz CT molecular complexity index is 345. The molecule has 0 saturated heterocycles. The van der Waals surface area contributed by atoms with Gasteiger partial charge >= 0.3 is 51.4 Å². The van der Waals surface area contributed by atoms with Crippen LogP contribution in [0.3, 0.4) is 0 Å². The molecule has 13 heavy (non-hydrogen) atoms. The second-order valence-corrected chi connectivity index (χ2v) is 3.03. The van der Waals surface area contributed by atoms with Crippen LogP contribution in [-0.2, 0) is 0 Å². The number of rotatable bonds is 1. The summed E-state index contributed by atoms with van der Waals surface area (Å²) in [6.45, 7) is 0. The van der Waals surface area contributed by atoms with Crippen molar-refractivity contribution in [1.29, 1.82) is 0 Å². The zero-order chi connectivity index (χ0) is 9.30. The molecule has 0 aliphatic rings. The van der Waals surface area contributed by atoms with Gasteiger partial charge < -0.3 is 9.90 Å². The van der Waals surface area contributed by atoms with Crippen LogP contribution in [0.4, 0.5) is 0 Å². The van der Waals surface area contributed by atoms with Crippen LogP contribution in [0.15, 0.2) is 6.20 Å².